The maximum Gasteiger partial charge on any atom is 0.573 e. The number of likely N-dealkylation sites (N-methyl/N-ethyl adjacent to an activating group) is 1. The van der Waals surface area contributed by atoms with Gasteiger partial charge < -0.3 is 14.5 Å². The Balaban J connectivity index is 1.39. The lowest BCUT2D eigenvalue weighted by molar-refractivity contribution is -0.274. The molecule has 0 radical (unpaired) electrons. The van der Waals surface area contributed by atoms with E-state index >= 15 is 0 Å². The fourth-order valence-electron chi connectivity index (χ4n) is 4.75. The smallest absolute Gasteiger partial charge is 0.406 e. The Bertz CT molecular complexity index is 1240. The van der Waals surface area contributed by atoms with Gasteiger partial charge in [-0.1, -0.05) is 0 Å². The van der Waals surface area contributed by atoms with E-state index in [1.807, 2.05) is 12.1 Å². The molecule has 1 unspecified atom stereocenters. The molecule has 0 amide bonds. The molecule has 4 rings (SSSR count). The summed E-state index contributed by atoms with van der Waals surface area (Å²) in [6.07, 6.45) is -3.76. The molecular formula is C25H30F3N5O3S. The average molecular weight is 538 g/mol. The first-order chi connectivity index (χ1) is 17.5. The molecule has 2 heterocycles. The summed E-state index contributed by atoms with van der Waals surface area (Å²) >= 11 is 0. The third-order valence-electron chi connectivity index (χ3n) is 6.89. The zero-order chi connectivity index (χ0) is 26.8. The third-order valence-corrected chi connectivity index (χ3v) is 8.80. The Kier molecular flexibility index (Phi) is 7.99. The van der Waals surface area contributed by atoms with E-state index in [2.05, 4.69) is 45.7 Å². The first-order valence-electron chi connectivity index (χ1n) is 12.0. The van der Waals surface area contributed by atoms with E-state index in [-0.39, 0.29) is 18.0 Å². The molecule has 2 aromatic rings. The van der Waals surface area contributed by atoms with Crippen LogP contribution in [0.25, 0.3) is 0 Å². The number of benzene rings is 2. The van der Waals surface area contributed by atoms with Gasteiger partial charge >= 0.3 is 6.36 Å². The van der Waals surface area contributed by atoms with Gasteiger partial charge in [-0.15, -0.1) is 13.2 Å². The van der Waals surface area contributed by atoms with Crippen LogP contribution in [-0.2, 0) is 16.6 Å². The highest BCUT2D eigenvalue weighted by atomic mass is 32.2. The highest BCUT2D eigenvalue weighted by molar-refractivity contribution is 7.89. The molecule has 0 N–H and O–H groups in total. The summed E-state index contributed by atoms with van der Waals surface area (Å²) in [4.78, 5) is 6.57. The molecule has 2 saturated heterocycles. The molecule has 0 aliphatic carbocycles. The normalized spacial score (nSPS) is 19.8. The van der Waals surface area contributed by atoms with E-state index < -0.39 is 22.1 Å². The first-order valence-corrected chi connectivity index (χ1v) is 13.4. The van der Waals surface area contributed by atoms with Crippen molar-refractivity contribution in [2.24, 2.45) is 0 Å². The minimum absolute atomic E-state index is 0.0865. The second-order valence-electron chi connectivity index (χ2n) is 9.50. The lowest BCUT2D eigenvalue weighted by atomic mass is 10.1. The second-order valence-corrected chi connectivity index (χ2v) is 11.4. The molecule has 12 heteroatoms. The summed E-state index contributed by atoms with van der Waals surface area (Å²) in [5, 5.41) is 9.63. The number of nitrogens with zero attached hydrogens (tertiary/aromatic N) is 5. The van der Waals surface area contributed by atoms with Gasteiger partial charge in [-0.2, -0.15) is 9.57 Å². The zero-order valence-corrected chi connectivity index (χ0v) is 21.6. The highest BCUT2D eigenvalue weighted by Crippen LogP contribution is 2.28. The Morgan fingerprint density at radius 1 is 1.05 bits per heavy atom. The maximum atomic E-state index is 13.0. The zero-order valence-electron chi connectivity index (χ0n) is 20.8. The van der Waals surface area contributed by atoms with Crippen molar-refractivity contribution in [1.29, 1.82) is 5.26 Å². The lowest BCUT2D eigenvalue weighted by Crippen LogP contribution is -2.48. The number of rotatable bonds is 7. The standard InChI is InChI=1S/C25H30F3N5O3S/c1-30(2)22-9-10-32(18-22)21-4-3-19(16-29)20(15-21)17-31-11-13-33(14-12-31)37(34,35)24-7-5-23(6-8-24)36-25(26,27)28/h3-8,15,22H,9-14,17-18H2,1-2H3. The molecule has 200 valence electrons. The van der Waals surface area contributed by atoms with Gasteiger partial charge in [-0.25, -0.2) is 8.42 Å². The van der Waals surface area contributed by atoms with Gasteiger partial charge in [-0.3, -0.25) is 4.90 Å². The summed E-state index contributed by atoms with van der Waals surface area (Å²) in [6, 6.07) is 12.9. The number of anilines is 1. The molecule has 37 heavy (non-hydrogen) atoms. The van der Waals surface area contributed by atoms with E-state index in [0.29, 0.717) is 31.2 Å². The molecule has 2 aromatic carbocycles. The van der Waals surface area contributed by atoms with Gasteiger partial charge in [0.25, 0.3) is 0 Å². The first kappa shape index (κ1) is 27.2. The van der Waals surface area contributed by atoms with Gasteiger partial charge in [0.05, 0.1) is 16.5 Å². The van der Waals surface area contributed by atoms with Crippen LogP contribution in [0.15, 0.2) is 47.4 Å². The number of ether oxygens (including phenoxy) is 1. The Morgan fingerprint density at radius 2 is 1.73 bits per heavy atom. The predicted molar refractivity (Wildman–Crippen MR) is 133 cm³/mol. The molecule has 0 aromatic heterocycles. The Hall–Kier alpha value is -2.85. The van der Waals surface area contributed by atoms with Crippen molar-refractivity contribution in [2.45, 2.75) is 30.3 Å². The van der Waals surface area contributed by atoms with Gasteiger partial charge in [0.15, 0.2) is 0 Å². The SMILES string of the molecule is CN(C)C1CCN(c2ccc(C#N)c(CN3CCN(S(=O)(=O)c4ccc(OC(F)(F)F)cc4)CC3)c2)C1. The van der Waals surface area contributed by atoms with Crippen LogP contribution in [0.5, 0.6) is 5.75 Å². The molecule has 0 saturated carbocycles. The van der Waals surface area contributed by atoms with Crippen LogP contribution >= 0.6 is 0 Å². The van der Waals surface area contributed by atoms with Crippen LogP contribution in [0.3, 0.4) is 0 Å². The van der Waals surface area contributed by atoms with Crippen LogP contribution in [0.4, 0.5) is 18.9 Å². The van der Waals surface area contributed by atoms with Crippen molar-refractivity contribution in [1.82, 2.24) is 14.1 Å². The fraction of sp³-hybridized carbons (Fsp3) is 0.480. The molecule has 8 nitrogen and oxygen atoms in total. The Morgan fingerprint density at radius 3 is 2.30 bits per heavy atom. The topological polar surface area (TPSA) is 80.1 Å². The van der Waals surface area contributed by atoms with E-state index in [4.69, 9.17) is 0 Å². The maximum absolute atomic E-state index is 13.0. The quantitative estimate of drug-likeness (QED) is 0.537. The second kappa shape index (κ2) is 10.9. The third kappa shape index (κ3) is 6.54. The van der Waals surface area contributed by atoms with Crippen LogP contribution in [0.1, 0.15) is 17.5 Å². The number of piperazine rings is 1. The number of hydrogen-bond acceptors (Lipinski definition) is 7. The summed E-state index contributed by atoms with van der Waals surface area (Å²) in [5.74, 6) is -0.474. The van der Waals surface area contributed by atoms with Crippen LogP contribution in [-0.4, -0.2) is 88.3 Å². The van der Waals surface area contributed by atoms with Gasteiger partial charge in [0.1, 0.15) is 5.75 Å². The number of nitriles is 1. The Labute approximate surface area is 215 Å². The highest BCUT2D eigenvalue weighted by Gasteiger charge is 2.32. The number of hydrogen-bond donors (Lipinski definition) is 0. The molecule has 0 bridgehead atoms. The molecular weight excluding hydrogens is 507 g/mol. The summed E-state index contributed by atoms with van der Waals surface area (Å²) in [6.45, 7) is 3.82. The summed E-state index contributed by atoms with van der Waals surface area (Å²) in [7, 11) is 0.303. The van der Waals surface area contributed by atoms with Crippen LogP contribution in [0.2, 0.25) is 0 Å². The summed E-state index contributed by atoms with van der Waals surface area (Å²) in [5.41, 5.74) is 2.59. The molecule has 2 aliphatic rings. The van der Waals surface area contributed by atoms with Gasteiger partial charge in [0, 0.05) is 57.5 Å². The van der Waals surface area contributed by atoms with Crippen LogP contribution in [0, 0.1) is 11.3 Å². The summed E-state index contributed by atoms with van der Waals surface area (Å²) < 4.78 is 68.3. The lowest BCUT2D eigenvalue weighted by Gasteiger charge is -2.34. The van der Waals surface area contributed by atoms with E-state index in [9.17, 15) is 26.9 Å². The van der Waals surface area contributed by atoms with Crippen molar-refractivity contribution in [2.75, 3.05) is 58.3 Å². The predicted octanol–water partition coefficient (Wildman–Crippen LogP) is 3.10. The number of alkyl halides is 3. The number of halogens is 3. The van der Waals surface area contributed by atoms with Gasteiger partial charge in [0.2, 0.25) is 10.0 Å². The minimum Gasteiger partial charge on any atom is -0.406 e. The van der Waals surface area contributed by atoms with E-state index in [1.54, 1.807) is 0 Å². The molecule has 2 fully saturated rings. The van der Waals surface area contributed by atoms with Crippen molar-refractivity contribution in [3.8, 4) is 11.8 Å². The van der Waals surface area contributed by atoms with Crippen LogP contribution < -0.4 is 9.64 Å². The average Bonchev–Trinajstić information content (AvgIpc) is 3.35. The largest absolute Gasteiger partial charge is 0.573 e. The van der Waals surface area contributed by atoms with Gasteiger partial charge in [-0.05, 0) is 68.5 Å². The molecule has 0 spiro atoms. The monoisotopic (exact) mass is 537 g/mol. The van der Waals surface area contributed by atoms with E-state index in [1.165, 1.54) is 4.31 Å². The molecule has 2 aliphatic heterocycles. The van der Waals surface area contributed by atoms with Crippen molar-refractivity contribution < 1.29 is 26.3 Å². The number of sulfonamides is 1. The van der Waals surface area contributed by atoms with E-state index in [0.717, 1.165) is 55.0 Å². The molecule has 1 atom stereocenters. The fourth-order valence-corrected chi connectivity index (χ4v) is 6.17. The van der Waals surface area contributed by atoms with Crippen molar-refractivity contribution in [3.05, 3.63) is 53.6 Å². The van der Waals surface area contributed by atoms with Crippen molar-refractivity contribution >= 4 is 15.7 Å². The minimum atomic E-state index is -4.84. The van der Waals surface area contributed by atoms with Crippen molar-refractivity contribution in [3.63, 3.8) is 0 Å².